The van der Waals surface area contributed by atoms with Crippen molar-refractivity contribution in [1.82, 2.24) is 9.80 Å². The highest BCUT2D eigenvalue weighted by atomic mass is 16.7. The molecular formula is C32H49N3O9. The van der Waals surface area contributed by atoms with Gasteiger partial charge in [-0.05, 0) is 56.4 Å². The number of piperidine rings is 2. The maximum atomic E-state index is 13.3. The normalized spacial score (nSPS) is 20.3. The maximum absolute atomic E-state index is 13.3. The summed E-state index contributed by atoms with van der Waals surface area (Å²) in [5.41, 5.74) is 1.26. The van der Waals surface area contributed by atoms with Crippen LogP contribution in [-0.4, -0.2) is 97.4 Å². The van der Waals surface area contributed by atoms with Crippen LogP contribution < -0.4 is 4.90 Å². The summed E-state index contributed by atoms with van der Waals surface area (Å²) < 4.78 is 21.2. The summed E-state index contributed by atoms with van der Waals surface area (Å²) in [5, 5.41) is 9.56. The second-order valence-electron chi connectivity index (χ2n) is 11.8. The van der Waals surface area contributed by atoms with Gasteiger partial charge in [0.25, 0.3) is 11.8 Å². The second-order valence-corrected chi connectivity index (χ2v) is 11.8. The van der Waals surface area contributed by atoms with E-state index in [9.17, 15) is 24.3 Å². The average Bonchev–Trinajstić information content (AvgIpc) is 3.33. The Labute approximate surface area is 260 Å². The van der Waals surface area contributed by atoms with Crippen LogP contribution in [0.2, 0.25) is 0 Å². The Morgan fingerprint density at radius 3 is 2.32 bits per heavy atom. The molecule has 1 aromatic rings. The van der Waals surface area contributed by atoms with Gasteiger partial charge in [-0.2, -0.15) is 0 Å². The monoisotopic (exact) mass is 619 g/mol. The Morgan fingerprint density at radius 1 is 1.07 bits per heavy atom. The van der Waals surface area contributed by atoms with E-state index >= 15 is 0 Å². The molecule has 0 aliphatic carbocycles. The fourth-order valence-corrected chi connectivity index (χ4v) is 5.97. The van der Waals surface area contributed by atoms with Crippen LogP contribution in [0.1, 0.15) is 88.6 Å². The number of ether oxygens (including phenoxy) is 4. The molecule has 1 aromatic carbocycles. The number of carbonyl (C=O) groups is 4. The summed E-state index contributed by atoms with van der Waals surface area (Å²) in [4.78, 5) is 56.1. The summed E-state index contributed by atoms with van der Waals surface area (Å²) >= 11 is 0. The van der Waals surface area contributed by atoms with Crippen LogP contribution in [-0.2, 0) is 35.1 Å². The lowest BCUT2D eigenvalue weighted by Crippen LogP contribution is -2.55. The molecule has 3 aliphatic rings. The third-order valence-electron chi connectivity index (χ3n) is 8.29. The lowest BCUT2D eigenvalue weighted by atomic mass is 9.95. The van der Waals surface area contributed by atoms with Gasteiger partial charge in [0, 0.05) is 57.4 Å². The van der Waals surface area contributed by atoms with E-state index in [0.29, 0.717) is 24.3 Å². The van der Waals surface area contributed by atoms with Crippen LogP contribution in [0.15, 0.2) is 18.2 Å². The Morgan fingerprint density at radius 2 is 1.73 bits per heavy atom. The Bertz CT molecular complexity index is 1150. The largest absolute Gasteiger partial charge is 0.510 e. The number of aliphatic hydroxyl groups excluding tert-OH is 1. The summed E-state index contributed by atoms with van der Waals surface area (Å²) in [5.74, 6) is -1.03. The minimum Gasteiger partial charge on any atom is -0.425 e. The third kappa shape index (κ3) is 8.28. The standard InChI is InChI=1S/C29H41N3O9.C3H8/c1-5-12-29(2,17-33)41-28(37)40-18-32-24(34)9-8-23(26(32)36)31-16-20-15-21(6-7-22(20)25(31)35)30-13-10-19(11-14-30)27(38-3)39-4;1-3-2/h6-7,15,19,23,27,33H,5,8-14,16-18H2,1-4H3;3H2,1-2H3. The van der Waals surface area contributed by atoms with Crippen molar-refractivity contribution >= 4 is 29.6 Å². The first-order chi connectivity index (χ1) is 21.1. The van der Waals surface area contributed by atoms with Gasteiger partial charge in [0.05, 0.1) is 6.61 Å². The van der Waals surface area contributed by atoms with E-state index < -0.39 is 36.3 Å². The number of benzene rings is 1. The molecule has 3 heterocycles. The zero-order chi connectivity index (χ0) is 32.4. The van der Waals surface area contributed by atoms with Crippen LogP contribution >= 0.6 is 0 Å². The number of methoxy groups -OCH3 is 2. The number of hydrogen-bond donors (Lipinski definition) is 1. The SMILES string of the molecule is CCC.CCCC(C)(CO)OC(=O)OCN1C(=O)CCC(N2Cc3cc(N4CCC(C(OC)OC)CC4)ccc3C2=O)C1=O. The molecule has 44 heavy (non-hydrogen) atoms. The molecule has 2 saturated heterocycles. The highest BCUT2D eigenvalue weighted by Crippen LogP contribution is 2.33. The predicted molar refractivity (Wildman–Crippen MR) is 163 cm³/mol. The molecule has 4 rings (SSSR count). The van der Waals surface area contributed by atoms with Crippen LogP contribution in [0, 0.1) is 5.92 Å². The van der Waals surface area contributed by atoms with E-state index in [1.165, 1.54) is 11.3 Å². The first-order valence-electron chi connectivity index (χ1n) is 15.6. The Balaban J connectivity index is 0.00000169. The first-order valence-corrected chi connectivity index (χ1v) is 15.6. The summed E-state index contributed by atoms with van der Waals surface area (Å²) in [6.45, 7) is 8.62. The number of aliphatic hydroxyl groups is 1. The topological polar surface area (TPSA) is 135 Å². The number of anilines is 1. The van der Waals surface area contributed by atoms with Crippen LogP contribution in [0.25, 0.3) is 0 Å². The van der Waals surface area contributed by atoms with Crippen molar-refractivity contribution in [1.29, 1.82) is 0 Å². The second kappa shape index (κ2) is 16.2. The molecule has 0 aromatic heterocycles. The maximum Gasteiger partial charge on any atom is 0.510 e. The van der Waals surface area contributed by atoms with Crippen LogP contribution in [0.3, 0.4) is 0 Å². The molecule has 0 bridgehead atoms. The van der Waals surface area contributed by atoms with E-state index in [-0.39, 0.29) is 38.2 Å². The molecule has 3 amide bonds. The Hall–Kier alpha value is -3.22. The van der Waals surface area contributed by atoms with Gasteiger partial charge in [-0.15, -0.1) is 0 Å². The van der Waals surface area contributed by atoms with Gasteiger partial charge < -0.3 is 33.9 Å². The van der Waals surface area contributed by atoms with Gasteiger partial charge in [-0.25, -0.2) is 9.69 Å². The predicted octanol–water partition coefficient (Wildman–Crippen LogP) is 4.07. The van der Waals surface area contributed by atoms with E-state index in [0.717, 1.165) is 42.1 Å². The number of amides is 3. The zero-order valence-electron chi connectivity index (χ0n) is 27.0. The third-order valence-corrected chi connectivity index (χ3v) is 8.29. The van der Waals surface area contributed by atoms with Crippen LogP contribution in [0.5, 0.6) is 0 Å². The molecule has 0 radical (unpaired) electrons. The average molecular weight is 620 g/mol. The van der Waals surface area contributed by atoms with Crippen molar-refractivity contribution in [2.75, 3.05) is 45.5 Å². The van der Waals surface area contributed by atoms with Gasteiger partial charge in [0.15, 0.2) is 13.0 Å². The van der Waals surface area contributed by atoms with Gasteiger partial charge in [0.2, 0.25) is 5.91 Å². The quantitative estimate of drug-likeness (QED) is 0.219. The number of rotatable bonds is 11. The molecule has 246 valence electrons. The van der Waals surface area contributed by atoms with Gasteiger partial charge in [0.1, 0.15) is 11.6 Å². The molecule has 2 fully saturated rings. The van der Waals surface area contributed by atoms with Gasteiger partial charge in [-0.1, -0.05) is 33.6 Å². The number of hydrogen-bond acceptors (Lipinski definition) is 10. The number of fused-ring (bicyclic) bond motifs is 1. The molecule has 0 saturated carbocycles. The van der Waals surface area contributed by atoms with Crippen molar-refractivity contribution in [3.8, 4) is 0 Å². The molecule has 0 spiro atoms. The molecule has 3 aliphatic heterocycles. The molecule has 12 heteroatoms. The lowest BCUT2D eigenvalue weighted by molar-refractivity contribution is -0.158. The van der Waals surface area contributed by atoms with Crippen molar-refractivity contribution in [2.24, 2.45) is 5.92 Å². The summed E-state index contributed by atoms with van der Waals surface area (Å²) in [6.07, 6.45) is 3.10. The molecule has 2 atom stereocenters. The van der Waals surface area contributed by atoms with Crippen molar-refractivity contribution in [3.05, 3.63) is 29.3 Å². The minimum absolute atomic E-state index is 0.0310. The number of carbonyl (C=O) groups excluding carboxylic acids is 4. The van der Waals surface area contributed by atoms with Crippen molar-refractivity contribution in [3.63, 3.8) is 0 Å². The smallest absolute Gasteiger partial charge is 0.425 e. The zero-order valence-corrected chi connectivity index (χ0v) is 27.0. The number of likely N-dealkylation sites (tertiary alicyclic amines) is 1. The highest BCUT2D eigenvalue weighted by Gasteiger charge is 2.43. The van der Waals surface area contributed by atoms with E-state index in [1.54, 1.807) is 27.2 Å². The van der Waals surface area contributed by atoms with Gasteiger partial charge >= 0.3 is 6.16 Å². The van der Waals surface area contributed by atoms with E-state index in [4.69, 9.17) is 18.9 Å². The minimum atomic E-state index is -1.12. The number of nitrogens with zero attached hydrogens (tertiary/aromatic N) is 3. The molecular weight excluding hydrogens is 570 g/mol. The summed E-state index contributed by atoms with van der Waals surface area (Å²) in [7, 11) is 3.30. The fraction of sp³-hybridized carbons (Fsp3) is 0.688. The van der Waals surface area contributed by atoms with Crippen LogP contribution in [0.4, 0.5) is 10.5 Å². The lowest BCUT2D eigenvalue weighted by Gasteiger charge is -2.36. The van der Waals surface area contributed by atoms with Gasteiger partial charge in [-0.3, -0.25) is 14.4 Å². The van der Waals surface area contributed by atoms with Crippen molar-refractivity contribution in [2.45, 2.75) is 97.1 Å². The Kier molecular flexibility index (Phi) is 13.0. The molecule has 1 N–H and O–H groups in total. The van der Waals surface area contributed by atoms with Crippen molar-refractivity contribution < 1.29 is 43.2 Å². The van der Waals surface area contributed by atoms with E-state index in [2.05, 4.69) is 18.7 Å². The molecule has 2 unspecified atom stereocenters. The first kappa shape index (κ1) is 35.3. The summed E-state index contributed by atoms with van der Waals surface area (Å²) in [6, 6.07) is 4.88. The highest BCUT2D eigenvalue weighted by molar-refractivity contribution is 6.05. The number of imide groups is 1. The van der Waals surface area contributed by atoms with E-state index in [1.807, 2.05) is 19.1 Å². The fourth-order valence-electron chi connectivity index (χ4n) is 5.97. The molecule has 12 nitrogen and oxygen atoms in total.